The van der Waals surface area contributed by atoms with Crippen molar-refractivity contribution in [2.75, 3.05) is 25.6 Å². The number of ether oxygens (including phenoxy) is 1. The first-order valence-corrected chi connectivity index (χ1v) is 9.71. The molecule has 2 aromatic heterocycles. The van der Waals surface area contributed by atoms with Gasteiger partial charge in [0.1, 0.15) is 11.3 Å². The second-order valence-electron chi connectivity index (χ2n) is 7.31. The lowest BCUT2D eigenvalue weighted by molar-refractivity contribution is 0.0695. The molecule has 0 saturated carbocycles. The molecule has 10 heteroatoms. The second kappa shape index (κ2) is 7.86. The van der Waals surface area contributed by atoms with Crippen LogP contribution in [-0.4, -0.2) is 45.3 Å². The summed E-state index contributed by atoms with van der Waals surface area (Å²) in [6, 6.07) is 2.71. The average Bonchev–Trinajstić information content (AvgIpc) is 3.00. The molecule has 1 saturated heterocycles. The molecule has 1 aliphatic heterocycles. The molecule has 0 spiro atoms. The van der Waals surface area contributed by atoms with Crippen LogP contribution in [0.2, 0.25) is 0 Å². The zero-order chi connectivity index (χ0) is 21.4. The predicted octanol–water partition coefficient (Wildman–Crippen LogP) is 2.03. The summed E-state index contributed by atoms with van der Waals surface area (Å²) in [5, 5.41) is 5.42. The average molecular weight is 414 g/mol. The maximum atomic E-state index is 14.4. The van der Waals surface area contributed by atoms with Gasteiger partial charge in [0, 0.05) is 39.0 Å². The molecule has 1 aliphatic rings. The van der Waals surface area contributed by atoms with E-state index in [0.29, 0.717) is 35.6 Å². The minimum absolute atomic E-state index is 0.00344. The van der Waals surface area contributed by atoms with Crippen LogP contribution in [0.15, 0.2) is 23.1 Å². The molecule has 0 bridgehead atoms. The third-order valence-corrected chi connectivity index (χ3v) is 5.42. The van der Waals surface area contributed by atoms with Gasteiger partial charge < -0.3 is 15.4 Å². The number of anilines is 2. The summed E-state index contributed by atoms with van der Waals surface area (Å²) in [5.41, 5.74) is 2.06. The number of fused-ring (bicyclic) bond motifs is 1. The zero-order valence-electron chi connectivity index (χ0n) is 17.0. The third kappa shape index (κ3) is 3.43. The molecule has 0 atom stereocenters. The molecule has 2 N–H and O–H groups in total. The van der Waals surface area contributed by atoms with Crippen LogP contribution in [0.1, 0.15) is 34.8 Å². The standard InChI is InChI=1S/C20H23FN6O3/c1-11-8-13(18(28)22-2)14(21)9-15(11)24-19-23-10-16-17(25-19)27(20(29)26(16)3)12-4-6-30-7-5-12/h8-10,12H,4-7H2,1-3H3,(H,22,28)(H,23,24,25). The molecule has 3 heterocycles. The molecule has 1 aromatic carbocycles. The fourth-order valence-corrected chi connectivity index (χ4v) is 3.71. The first-order valence-electron chi connectivity index (χ1n) is 9.71. The monoisotopic (exact) mass is 414 g/mol. The van der Waals surface area contributed by atoms with E-state index in [1.165, 1.54) is 23.7 Å². The van der Waals surface area contributed by atoms with E-state index in [-0.39, 0.29) is 23.2 Å². The molecule has 3 aromatic rings. The lowest BCUT2D eigenvalue weighted by Crippen LogP contribution is -2.30. The van der Waals surface area contributed by atoms with Gasteiger partial charge in [-0.2, -0.15) is 4.98 Å². The molecule has 1 fully saturated rings. The van der Waals surface area contributed by atoms with E-state index in [4.69, 9.17) is 4.74 Å². The molecule has 9 nitrogen and oxygen atoms in total. The number of carbonyl (C=O) groups is 1. The first kappa shape index (κ1) is 20.0. The summed E-state index contributed by atoms with van der Waals surface area (Å²) in [6.07, 6.45) is 3.04. The number of aromatic nitrogens is 4. The molecule has 1 amide bonds. The van der Waals surface area contributed by atoms with Gasteiger partial charge >= 0.3 is 5.69 Å². The van der Waals surface area contributed by atoms with Crippen LogP contribution >= 0.6 is 0 Å². The van der Waals surface area contributed by atoms with Crippen molar-refractivity contribution in [3.8, 4) is 0 Å². The molecule has 0 unspecified atom stereocenters. The number of rotatable bonds is 4. The van der Waals surface area contributed by atoms with Crippen LogP contribution in [0.5, 0.6) is 0 Å². The number of amides is 1. The van der Waals surface area contributed by atoms with E-state index >= 15 is 0 Å². The van der Waals surface area contributed by atoms with Crippen LogP contribution in [0, 0.1) is 12.7 Å². The summed E-state index contributed by atoms with van der Waals surface area (Å²) in [4.78, 5) is 33.4. The summed E-state index contributed by atoms with van der Waals surface area (Å²) < 4.78 is 23.0. The van der Waals surface area contributed by atoms with E-state index in [0.717, 1.165) is 12.8 Å². The lowest BCUT2D eigenvalue weighted by atomic mass is 10.1. The van der Waals surface area contributed by atoms with Crippen LogP contribution in [0.25, 0.3) is 11.2 Å². The summed E-state index contributed by atoms with van der Waals surface area (Å²) in [7, 11) is 3.14. The van der Waals surface area contributed by atoms with Gasteiger partial charge in [-0.3, -0.25) is 13.9 Å². The number of carbonyl (C=O) groups excluding carboxylic acids is 1. The summed E-state index contributed by atoms with van der Waals surface area (Å²) in [6.45, 7) is 2.95. The van der Waals surface area contributed by atoms with Gasteiger partial charge in [-0.25, -0.2) is 14.2 Å². The Labute approximate surface area is 171 Å². The summed E-state index contributed by atoms with van der Waals surface area (Å²) in [5.74, 6) is -0.906. The van der Waals surface area contributed by atoms with Gasteiger partial charge in [0.15, 0.2) is 5.65 Å². The topological polar surface area (TPSA) is 103 Å². The normalized spacial score (nSPS) is 14.8. The maximum Gasteiger partial charge on any atom is 0.330 e. The number of benzene rings is 1. The molecular formula is C20H23FN6O3. The molecule has 158 valence electrons. The van der Waals surface area contributed by atoms with E-state index in [1.54, 1.807) is 24.7 Å². The van der Waals surface area contributed by atoms with Gasteiger partial charge in [0.05, 0.1) is 11.8 Å². The van der Waals surface area contributed by atoms with E-state index < -0.39 is 11.7 Å². The largest absolute Gasteiger partial charge is 0.381 e. The van der Waals surface area contributed by atoms with Crippen molar-refractivity contribution in [1.29, 1.82) is 0 Å². The van der Waals surface area contributed by atoms with Crippen LogP contribution in [-0.2, 0) is 11.8 Å². The second-order valence-corrected chi connectivity index (χ2v) is 7.31. The smallest absolute Gasteiger partial charge is 0.330 e. The lowest BCUT2D eigenvalue weighted by Gasteiger charge is -2.22. The number of imidazole rings is 1. The van der Waals surface area contributed by atoms with Crippen molar-refractivity contribution in [2.24, 2.45) is 7.05 Å². The number of hydrogen-bond acceptors (Lipinski definition) is 6. The molecule has 0 radical (unpaired) electrons. The number of aryl methyl sites for hydroxylation is 2. The Kier molecular flexibility index (Phi) is 5.25. The van der Waals surface area contributed by atoms with Crippen molar-refractivity contribution >= 4 is 28.7 Å². The van der Waals surface area contributed by atoms with Crippen molar-refractivity contribution < 1.29 is 13.9 Å². The number of hydrogen-bond donors (Lipinski definition) is 2. The van der Waals surface area contributed by atoms with Gasteiger partial charge in [-0.1, -0.05) is 0 Å². The van der Waals surface area contributed by atoms with Crippen molar-refractivity contribution in [3.63, 3.8) is 0 Å². The predicted molar refractivity (Wildman–Crippen MR) is 110 cm³/mol. The Bertz CT molecular complexity index is 1180. The number of nitrogens with one attached hydrogen (secondary N) is 2. The Morgan fingerprint density at radius 1 is 1.30 bits per heavy atom. The third-order valence-electron chi connectivity index (χ3n) is 5.42. The van der Waals surface area contributed by atoms with Gasteiger partial charge in [-0.15, -0.1) is 0 Å². The van der Waals surface area contributed by atoms with Gasteiger partial charge in [-0.05, 0) is 37.5 Å². The highest BCUT2D eigenvalue weighted by atomic mass is 19.1. The number of halogens is 1. The van der Waals surface area contributed by atoms with Crippen LogP contribution < -0.4 is 16.3 Å². The Hall–Kier alpha value is -3.27. The van der Waals surface area contributed by atoms with Crippen LogP contribution in [0.3, 0.4) is 0 Å². The minimum Gasteiger partial charge on any atom is -0.381 e. The quantitative estimate of drug-likeness (QED) is 0.677. The van der Waals surface area contributed by atoms with E-state index in [1.807, 2.05) is 0 Å². The maximum absolute atomic E-state index is 14.4. The van der Waals surface area contributed by atoms with Crippen molar-refractivity contribution in [1.82, 2.24) is 24.4 Å². The van der Waals surface area contributed by atoms with Gasteiger partial charge in [0.25, 0.3) is 5.91 Å². The molecule has 0 aliphatic carbocycles. The highest BCUT2D eigenvalue weighted by Gasteiger charge is 2.23. The van der Waals surface area contributed by atoms with E-state index in [2.05, 4.69) is 20.6 Å². The Morgan fingerprint density at radius 2 is 2.03 bits per heavy atom. The molecule has 30 heavy (non-hydrogen) atoms. The van der Waals surface area contributed by atoms with Crippen molar-refractivity contribution in [3.05, 3.63) is 45.8 Å². The first-order chi connectivity index (χ1) is 14.4. The Balaban J connectivity index is 1.73. The fourth-order valence-electron chi connectivity index (χ4n) is 3.71. The molecular weight excluding hydrogens is 391 g/mol. The summed E-state index contributed by atoms with van der Waals surface area (Å²) >= 11 is 0. The fraction of sp³-hybridized carbons (Fsp3) is 0.400. The Morgan fingerprint density at radius 3 is 2.73 bits per heavy atom. The van der Waals surface area contributed by atoms with E-state index in [9.17, 15) is 14.0 Å². The zero-order valence-corrected chi connectivity index (χ0v) is 17.0. The molecule has 4 rings (SSSR count). The SMILES string of the molecule is CNC(=O)c1cc(C)c(Nc2ncc3c(n2)n(C2CCOCC2)c(=O)n3C)cc1F. The minimum atomic E-state index is -0.651. The van der Waals surface area contributed by atoms with Gasteiger partial charge in [0.2, 0.25) is 5.95 Å². The van der Waals surface area contributed by atoms with Crippen LogP contribution in [0.4, 0.5) is 16.0 Å². The highest BCUT2D eigenvalue weighted by Crippen LogP contribution is 2.26. The number of nitrogens with zero attached hydrogens (tertiary/aromatic N) is 4. The highest BCUT2D eigenvalue weighted by molar-refractivity contribution is 5.95. The van der Waals surface area contributed by atoms with Crippen molar-refractivity contribution in [2.45, 2.75) is 25.8 Å².